The lowest BCUT2D eigenvalue weighted by molar-refractivity contribution is -0.119. The molecular formula is C13H15ClFNO. The van der Waals surface area contributed by atoms with E-state index in [0.29, 0.717) is 29.3 Å². The van der Waals surface area contributed by atoms with Crippen LogP contribution in [0.3, 0.4) is 0 Å². The van der Waals surface area contributed by atoms with Gasteiger partial charge in [0.05, 0.1) is 0 Å². The number of hydrogen-bond acceptors (Lipinski definition) is 2. The first-order chi connectivity index (χ1) is 8.15. The van der Waals surface area contributed by atoms with E-state index < -0.39 is 0 Å². The maximum Gasteiger partial charge on any atom is 0.137 e. The number of ketones is 1. The Morgan fingerprint density at radius 2 is 2.35 bits per heavy atom. The minimum absolute atomic E-state index is 0.173. The third-order valence-electron chi connectivity index (χ3n) is 3.08. The highest BCUT2D eigenvalue weighted by Gasteiger charge is 2.18. The molecule has 4 heteroatoms. The van der Waals surface area contributed by atoms with Crippen LogP contribution in [-0.2, 0) is 11.2 Å². The van der Waals surface area contributed by atoms with Crippen molar-refractivity contribution in [1.82, 2.24) is 5.32 Å². The van der Waals surface area contributed by atoms with E-state index in [1.807, 2.05) is 0 Å². The van der Waals surface area contributed by atoms with Crippen LogP contribution in [0.1, 0.15) is 18.4 Å². The van der Waals surface area contributed by atoms with Gasteiger partial charge in [0.25, 0.3) is 0 Å². The van der Waals surface area contributed by atoms with Crippen molar-refractivity contribution in [2.75, 3.05) is 13.1 Å². The van der Waals surface area contributed by atoms with E-state index in [1.165, 1.54) is 12.1 Å². The number of Topliss-reactive ketones (excluding diaryl/α,β-unsaturated/α-hetero) is 1. The highest BCUT2D eigenvalue weighted by Crippen LogP contribution is 2.20. The van der Waals surface area contributed by atoms with Crippen LogP contribution in [0.4, 0.5) is 4.39 Å². The Hall–Kier alpha value is -0.930. The van der Waals surface area contributed by atoms with Gasteiger partial charge in [-0.05, 0) is 43.1 Å². The molecule has 0 amide bonds. The topological polar surface area (TPSA) is 29.1 Å². The Morgan fingerprint density at radius 3 is 3.00 bits per heavy atom. The zero-order valence-electron chi connectivity index (χ0n) is 9.51. The molecule has 1 saturated heterocycles. The molecule has 1 N–H and O–H groups in total. The molecule has 0 bridgehead atoms. The second kappa shape index (κ2) is 5.61. The van der Waals surface area contributed by atoms with Crippen molar-refractivity contribution in [3.8, 4) is 0 Å². The van der Waals surface area contributed by atoms with E-state index in [9.17, 15) is 9.18 Å². The van der Waals surface area contributed by atoms with E-state index in [-0.39, 0.29) is 11.6 Å². The Kier molecular flexibility index (Phi) is 4.13. The van der Waals surface area contributed by atoms with Crippen molar-refractivity contribution in [1.29, 1.82) is 0 Å². The Bertz CT molecular complexity index is 416. The van der Waals surface area contributed by atoms with Gasteiger partial charge in [0.2, 0.25) is 0 Å². The van der Waals surface area contributed by atoms with Gasteiger partial charge in [0.1, 0.15) is 11.6 Å². The van der Waals surface area contributed by atoms with E-state index in [0.717, 1.165) is 19.5 Å². The molecule has 1 heterocycles. The number of carbonyl (C=O) groups excluding carboxylic acids is 1. The average Bonchev–Trinajstić information content (AvgIpc) is 2.75. The van der Waals surface area contributed by atoms with E-state index in [1.54, 1.807) is 6.07 Å². The predicted octanol–water partition coefficient (Wildman–Crippen LogP) is 2.59. The van der Waals surface area contributed by atoms with Crippen LogP contribution in [0.25, 0.3) is 0 Å². The van der Waals surface area contributed by atoms with Crippen molar-refractivity contribution < 1.29 is 9.18 Å². The molecule has 1 atom stereocenters. The number of halogens is 2. The van der Waals surface area contributed by atoms with Gasteiger partial charge in [0, 0.05) is 17.9 Å². The van der Waals surface area contributed by atoms with E-state index in [2.05, 4.69) is 5.32 Å². The second-order valence-electron chi connectivity index (χ2n) is 4.51. The summed E-state index contributed by atoms with van der Waals surface area (Å²) >= 11 is 5.89. The summed E-state index contributed by atoms with van der Waals surface area (Å²) in [6, 6.07) is 4.18. The molecule has 2 rings (SSSR count). The lowest BCUT2D eigenvalue weighted by atomic mass is 9.98. The fourth-order valence-electron chi connectivity index (χ4n) is 2.16. The molecule has 1 aromatic rings. The minimum atomic E-state index is -0.369. The Balaban J connectivity index is 1.93. The summed E-state index contributed by atoms with van der Waals surface area (Å²) < 4.78 is 12.8. The molecule has 92 valence electrons. The summed E-state index contributed by atoms with van der Waals surface area (Å²) in [5, 5.41) is 3.57. The molecule has 0 aliphatic carbocycles. The quantitative estimate of drug-likeness (QED) is 0.896. The summed E-state index contributed by atoms with van der Waals surface area (Å²) in [5.41, 5.74) is 0.712. The molecule has 0 saturated carbocycles. The lowest BCUT2D eigenvalue weighted by Crippen LogP contribution is -2.14. The second-order valence-corrected chi connectivity index (χ2v) is 4.92. The monoisotopic (exact) mass is 255 g/mol. The summed E-state index contributed by atoms with van der Waals surface area (Å²) in [5.74, 6) is 0.250. The maximum atomic E-state index is 12.8. The fourth-order valence-corrected chi connectivity index (χ4v) is 2.39. The van der Waals surface area contributed by atoms with Gasteiger partial charge in [-0.1, -0.05) is 17.7 Å². The highest BCUT2D eigenvalue weighted by molar-refractivity contribution is 6.31. The van der Waals surface area contributed by atoms with Gasteiger partial charge in [-0.3, -0.25) is 4.79 Å². The Labute approximate surface area is 105 Å². The van der Waals surface area contributed by atoms with Gasteiger partial charge in [0.15, 0.2) is 0 Å². The third kappa shape index (κ3) is 3.51. The summed E-state index contributed by atoms with van der Waals surface area (Å²) in [6.07, 6.45) is 1.94. The molecule has 0 spiro atoms. The first kappa shape index (κ1) is 12.5. The molecule has 1 aliphatic rings. The van der Waals surface area contributed by atoms with Crippen molar-refractivity contribution >= 4 is 17.4 Å². The maximum absolute atomic E-state index is 12.8. The minimum Gasteiger partial charge on any atom is -0.316 e. The van der Waals surface area contributed by atoms with Crippen molar-refractivity contribution in [2.24, 2.45) is 5.92 Å². The van der Waals surface area contributed by atoms with E-state index in [4.69, 9.17) is 11.6 Å². The smallest absolute Gasteiger partial charge is 0.137 e. The van der Waals surface area contributed by atoms with Crippen molar-refractivity contribution in [3.63, 3.8) is 0 Å². The number of rotatable bonds is 4. The van der Waals surface area contributed by atoms with Crippen LogP contribution in [0.5, 0.6) is 0 Å². The predicted molar refractivity (Wildman–Crippen MR) is 65.7 cm³/mol. The molecule has 1 aliphatic heterocycles. The van der Waals surface area contributed by atoms with Crippen molar-refractivity contribution in [3.05, 3.63) is 34.6 Å². The van der Waals surface area contributed by atoms with Gasteiger partial charge in [-0.25, -0.2) is 4.39 Å². The van der Waals surface area contributed by atoms with Crippen LogP contribution in [0, 0.1) is 11.7 Å². The zero-order chi connectivity index (χ0) is 12.3. The number of benzene rings is 1. The van der Waals surface area contributed by atoms with Crippen LogP contribution in [0.2, 0.25) is 5.02 Å². The van der Waals surface area contributed by atoms with Gasteiger partial charge in [-0.15, -0.1) is 0 Å². The van der Waals surface area contributed by atoms with Gasteiger partial charge < -0.3 is 5.32 Å². The molecule has 0 aromatic heterocycles. The third-order valence-corrected chi connectivity index (χ3v) is 3.43. The first-order valence-corrected chi connectivity index (χ1v) is 6.19. The lowest BCUT2D eigenvalue weighted by Gasteiger charge is -2.08. The fraction of sp³-hybridized carbons (Fsp3) is 0.462. The molecule has 1 aromatic carbocycles. The Morgan fingerprint density at radius 1 is 1.53 bits per heavy atom. The zero-order valence-corrected chi connectivity index (χ0v) is 10.3. The van der Waals surface area contributed by atoms with Crippen LogP contribution in [0.15, 0.2) is 18.2 Å². The summed E-state index contributed by atoms with van der Waals surface area (Å²) in [4.78, 5) is 11.8. The van der Waals surface area contributed by atoms with Gasteiger partial charge >= 0.3 is 0 Å². The SMILES string of the molecule is O=C(Cc1ccc(F)cc1Cl)CC1CCNC1. The van der Waals surface area contributed by atoms with Gasteiger partial charge in [-0.2, -0.15) is 0 Å². The molecular weight excluding hydrogens is 241 g/mol. The molecule has 1 fully saturated rings. The molecule has 0 radical (unpaired) electrons. The number of nitrogens with one attached hydrogen (secondary N) is 1. The average molecular weight is 256 g/mol. The molecule has 2 nitrogen and oxygen atoms in total. The first-order valence-electron chi connectivity index (χ1n) is 5.81. The van der Waals surface area contributed by atoms with Crippen molar-refractivity contribution in [2.45, 2.75) is 19.3 Å². The van der Waals surface area contributed by atoms with E-state index >= 15 is 0 Å². The summed E-state index contributed by atoms with van der Waals surface area (Å²) in [7, 11) is 0. The largest absolute Gasteiger partial charge is 0.316 e. The van der Waals surface area contributed by atoms with Crippen LogP contribution in [-0.4, -0.2) is 18.9 Å². The standard InChI is InChI=1S/C13H15ClFNO/c14-13-7-11(15)2-1-10(13)6-12(17)5-9-3-4-16-8-9/h1-2,7,9,16H,3-6,8H2. The van der Waals surface area contributed by atoms with Crippen LogP contribution < -0.4 is 5.32 Å². The summed E-state index contributed by atoms with van der Waals surface area (Å²) in [6.45, 7) is 1.91. The highest BCUT2D eigenvalue weighted by atomic mass is 35.5. The molecule has 17 heavy (non-hydrogen) atoms. The molecule has 1 unspecified atom stereocenters. The number of hydrogen-bond donors (Lipinski definition) is 1. The normalized spacial score (nSPS) is 19.5. The number of carbonyl (C=O) groups is 1. The van der Waals surface area contributed by atoms with Crippen LogP contribution >= 0.6 is 11.6 Å².